The number of nitrogens with zero attached hydrogens (tertiary/aromatic N) is 2. The molecule has 0 radical (unpaired) electrons. The lowest BCUT2D eigenvalue weighted by atomic mass is 9.73. The first-order chi connectivity index (χ1) is 22.5. The van der Waals surface area contributed by atoms with Crippen molar-refractivity contribution < 1.29 is 28.2 Å². The molecule has 10 heteroatoms. The van der Waals surface area contributed by atoms with E-state index in [-0.39, 0.29) is 36.8 Å². The van der Waals surface area contributed by atoms with Crippen molar-refractivity contribution in [2.75, 3.05) is 18.5 Å². The molecule has 1 saturated heterocycles. The molecule has 3 amide bonds. The SMILES string of the molecule is CC(C)(C)NC(=O)OC1(c2ccc(-c3ncc(NC(=O)CC4CCC(N5CCOC5=O)CC4)cc3-c3ccccc3)cc2)CC(F)C1. The van der Waals surface area contributed by atoms with Crippen LogP contribution < -0.4 is 10.6 Å². The third kappa shape index (κ3) is 7.58. The lowest BCUT2D eigenvalue weighted by molar-refractivity contribution is -0.117. The molecule has 3 aromatic rings. The first kappa shape index (κ1) is 32.5. The predicted octanol–water partition coefficient (Wildman–Crippen LogP) is 7.61. The van der Waals surface area contributed by atoms with Crippen molar-refractivity contribution in [2.45, 2.75) is 89.1 Å². The second kappa shape index (κ2) is 13.3. The number of hydrogen-bond donors (Lipinski definition) is 2. The molecular formula is C37H43FN4O5. The number of alkyl halides is 1. The zero-order valence-electron chi connectivity index (χ0n) is 27.3. The highest BCUT2D eigenvalue weighted by molar-refractivity contribution is 5.93. The third-order valence-corrected chi connectivity index (χ3v) is 9.33. The van der Waals surface area contributed by atoms with Gasteiger partial charge in [-0.15, -0.1) is 0 Å². The van der Waals surface area contributed by atoms with E-state index in [1.165, 1.54) is 0 Å². The second-order valence-electron chi connectivity index (χ2n) is 14.1. The van der Waals surface area contributed by atoms with Gasteiger partial charge in [0, 0.05) is 42.0 Å². The van der Waals surface area contributed by atoms with Gasteiger partial charge in [0.25, 0.3) is 0 Å². The highest BCUT2D eigenvalue weighted by Gasteiger charge is 2.50. The average Bonchev–Trinajstić information content (AvgIpc) is 3.45. The summed E-state index contributed by atoms with van der Waals surface area (Å²) >= 11 is 0. The van der Waals surface area contributed by atoms with Crippen LogP contribution in [0.4, 0.5) is 19.7 Å². The number of halogens is 1. The fourth-order valence-electron chi connectivity index (χ4n) is 6.95. The van der Waals surface area contributed by atoms with E-state index in [2.05, 4.69) is 10.6 Å². The van der Waals surface area contributed by atoms with Gasteiger partial charge in [-0.05, 0) is 69.6 Å². The number of amides is 3. The van der Waals surface area contributed by atoms with Crippen LogP contribution in [0.1, 0.15) is 71.3 Å². The van der Waals surface area contributed by atoms with Crippen molar-refractivity contribution in [3.63, 3.8) is 0 Å². The van der Waals surface area contributed by atoms with Gasteiger partial charge < -0.3 is 25.0 Å². The Balaban J connectivity index is 1.16. The maximum absolute atomic E-state index is 14.1. The molecule has 0 unspecified atom stereocenters. The Kier molecular flexibility index (Phi) is 9.21. The van der Waals surface area contributed by atoms with E-state index in [0.29, 0.717) is 25.3 Å². The number of hydrogen-bond acceptors (Lipinski definition) is 6. The summed E-state index contributed by atoms with van der Waals surface area (Å²) in [5.74, 6) is 0.207. The summed E-state index contributed by atoms with van der Waals surface area (Å²) in [6, 6.07) is 19.6. The molecule has 248 valence electrons. The first-order valence-corrected chi connectivity index (χ1v) is 16.5. The van der Waals surface area contributed by atoms with Gasteiger partial charge in [-0.1, -0.05) is 54.6 Å². The number of cyclic esters (lactones) is 1. The van der Waals surface area contributed by atoms with Crippen molar-refractivity contribution in [1.29, 1.82) is 0 Å². The van der Waals surface area contributed by atoms with Crippen LogP contribution >= 0.6 is 0 Å². The van der Waals surface area contributed by atoms with Gasteiger partial charge in [0.15, 0.2) is 0 Å². The molecule has 2 heterocycles. The van der Waals surface area contributed by atoms with Crippen molar-refractivity contribution in [3.05, 3.63) is 72.4 Å². The van der Waals surface area contributed by atoms with Gasteiger partial charge in [-0.25, -0.2) is 14.0 Å². The zero-order chi connectivity index (χ0) is 33.2. The van der Waals surface area contributed by atoms with Crippen LogP contribution in [0, 0.1) is 5.92 Å². The van der Waals surface area contributed by atoms with E-state index in [1.807, 2.05) is 86.3 Å². The molecule has 2 saturated carbocycles. The van der Waals surface area contributed by atoms with Crippen LogP contribution in [-0.4, -0.2) is 58.9 Å². The number of carbonyl (C=O) groups is 3. The first-order valence-electron chi connectivity index (χ1n) is 16.5. The van der Waals surface area contributed by atoms with Gasteiger partial charge in [-0.3, -0.25) is 9.78 Å². The molecule has 0 atom stereocenters. The number of carbonyl (C=O) groups excluding carboxylic acids is 3. The van der Waals surface area contributed by atoms with Crippen molar-refractivity contribution in [2.24, 2.45) is 5.92 Å². The van der Waals surface area contributed by atoms with Crippen LogP contribution in [0.3, 0.4) is 0 Å². The number of nitrogens with one attached hydrogen (secondary N) is 2. The van der Waals surface area contributed by atoms with Crippen LogP contribution in [0.25, 0.3) is 22.4 Å². The van der Waals surface area contributed by atoms with E-state index in [9.17, 15) is 18.8 Å². The molecule has 6 rings (SSSR count). The van der Waals surface area contributed by atoms with Crippen molar-refractivity contribution in [1.82, 2.24) is 15.2 Å². The van der Waals surface area contributed by atoms with Crippen LogP contribution in [0.2, 0.25) is 0 Å². The normalized spacial score (nSPS) is 24.2. The smallest absolute Gasteiger partial charge is 0.410 e. The van der Waals surface area contributed by atoms with E-state index in [0.717, 1.165) is 53.6 Å². The van der Waals surface area contributed by atoms with Crippen molar-refractivity contribution in [3.8, 4) is 22.4 Å². The molecule has 3 fully saturated rings. The minimum absolute atomic E-state index is 0.0561. The number of benzene rings is 2. The minimum Gasteiger partial charge on any atom is -0.448 e. The highest BCUT2D eigenvalue weighted by Crippen LogP contribution is 2.47. The van der Waals surface area contributed by atoms with Crippen molar-refractivity contribution >= 4 is 23.8 Å². The summed E-state index contributed by atoms with van der Waals surface area (Å²) in [5, 5.41) is 5.86. The lowest BCUT2D eigenvalue weighted by Gasteiger charge is -2.44. The molecule has 2 aliphatic carbocycles. The summed E-state index contributed by atoms with van der Waals surface area (Å²) in [4.78, 5) is 44.3. The molecule has 1 aliphatic heterocycles. The standard InChI is InChI=1S/C37H43FN4O5/c1-36(2,3)41-34(44)47-37(21-28(38)22-37)27-13-11-26(12-14-27)33-31(25-7-5-4-6-8-25)20-29(23-39-33)40-32(43)19-24-9-15-30(16-10-24)42-17-18-46-35(42)45/h4-8,11-14,20,23-24,28,30H,9-10,15-19,21-22H2,1-3H3,(H,40,43)(H,41,44). The Morgan fingerprint density at radius 1 is 1.02 bits per heavy atom. The lowest BCUT2D eigenvalue weighted by Crippen LogP contribution is -2.50. The number of rotatable bonds is 8. The number of aromatic nitrogens is 1. The van der Waals surface area contributed by atoms with E-state index in [1.54, 1.807) is 6.20 Å². The monoisotopic (exact) mass is 642 g/mol. The molecule has 47 heavy (non-hydrogen) atoms. The summed E-state index contributed by atoms with van der Waals surface area (Å²) in [7, 11) is 0. The van der Waals surface area contributed by atoms with E-state index < -0.39 is 23.4 Å². The van der Waals surface area contributed by atoms with Gasteiger partial charge >= 0.3 is 12.2 Å². The Morgan fingerprint density at radius 3 is 2.34 bits per heavy atom. The number of ether oxygens (including phenoxy) is 2. The van der Waals surface area contributed by atoms with E-state index in [4.69, 9.17) is 14.5 Å². The molecule has 0 spiro atoms. The maximum Gasteiger partial charge on any atom is 0.410 e. The second-order valence-corrected chi connectivity index (χ2v) is 14.1. The quantitative estimate of drug-likeness (QED) is 0.262. The number of pyridine rings is 1. The Hall–Kier alpha value is -4.47. The van der Waals surface area contributed by atoms with Gasteiger partial charge in [-0.2, -0.15) is 0 Å². The van der Waals surface area contributed by atoms with Gasteiger partial charge in [0.1, 0.15) is 18.4 Å². The minimum atomic E-state index is -1.03. The summed E-state index contributed by atoms with van der Waals surface area (Å²) in [6.07, 6.45) is 4.03. The van der Waals surface area contributed by atoms with Crippen LogP contribution in [0.15, 0.2) is 66.9 Å². The molecule has 2 aromatic carbocycles. The molecule has 0 bridgehead atoms. The fourth-order valence-corrected chi connectivity index (χ4v) is 6.95. The Bertz CT molecular complexity index is 1590. The molecule has 3 aliphatic rings. The van der Waals surface area contributed by atoms with Crippen LogP contribution in [-0.2, 0) is 19.9 Å². The van der Waals surface area contributed by atoms with Crippen LogP contribution in [0.5, 0.6) is 0 Å². The maximum atomic E-state index is 14.1. The summed E-state index contributed by atoms with van der Waals surface area (Å²) < 4.78 is 25.1. The molecule has 1 aromatic heterocycles. The summed E-state index contributed by atoms with van der Waals surface area (Å²) in [5.41, 5.74) is 3.24. The Labute approximate surface area is 275 Å². The Morgan fingerprint density at radius 2 is 1.72 bits per heavy atom. The van der Waals surface area contributed by atoms with E-state index >= 15 is 0 Å². The molecule has 2 N–H and O–H groups in total. The number of alkyl carbamates (subject to hydrolysis) is 1. The highest BCUT2D eigenvalue weighted by atomic mass is 19.1. The average molecular weight is 643 g/mol. The molecule has 9 nitrogen and oxygen atoms in total. The van der Waals surface area contributed by atoms with Gasteiger partial charge in [0.2, 0.25) is 5.91 Å². The third-order valence-electron chi connectivity index (χ3n) is 9.33. The summed E-state index contributed by atoms with van der Waals surface area (Å²) in [6.45, 7) is 6.70. The largest absolute Gasteiger partial charge is 0.448 e. The molecular weight excluding hydrogens is 599 g/mol. The zero-order valence-corrected chi connectivity index (χ0v) is 27.3. The van der Waals surface area contributed by atoms with Gasteiger partial charge in [0.05, 0.1) is 24.1 Å². The fraction of sp³-hybridized carbons (Fsp3) is 0.459. The topological polar surface area (TPSA) is 110 Å². The number of anilines is 1. The predicted molar refractivity (Wildman–Crippen MR) is 177 cm³/mol.